The summed E-state index contributed by atoms with van der Waals surface area (Å²) in [5.74, 6) is 0. The molecule has 0 fully saturated rings. The molecule has 9 heteroatoms. The summed E-state index contributed by atoms with van der Waals surface area (Å²) in [6.45, 7) is 1.94. The number of rotatable bonds is 3. The zero-order chi connectivity index (χ0) is 16.0. The number of nitrogens with one attached hydrogen (secondary N) is 1. The molecule has 0 saturated carbocycles. The number of benzene rings is 1. The fourth-order valence-electron chi connectivity index (χ4n) is 2.22. The minimum Gasteiger partial charge on any atom is -0.330 e. The fourth-order valence-corrected chi connectivity index (χ4v) is 3.07. The van der Waals surface area contributed by atoms with E-state index in [1.165, 1.54) is 26.9 Å². The summed E-state index contributed by atoms with van der Waals surface area (Å²) in [4.78, 5) is 17.1. The Kier molecular flexibility index (Phi) is 3.01. The van der Waals surface area contributed by atoms with Crippen molar-refractivity contribution in [1.82, 2.24) is 28.9 Å². The van der Waals surface area contributed by atoms with Gasteiger partial charge in [-0.25, -0.2) is 14.3 Å². The summed E-state index contributed by atoms with van der Waals surface area (Å²) in [5.41, 5.74) is 2.36. The van der Waals surface area contributed by atoms with Crippen LogP contribution in [0, 0.1) is 6.92 Å². The van der Waals surface area contributed by atoms with Gasteiger partial charge in [0.25, 0.3) is 0 Å². The Labute approximate surface area is 134 Å². The third kappa shape index (κ3) is 2.40. The van der Waals surface area contributed by atoms with Crippen LogP contribution in [0.4, 0.5) is 10.8 Å². The maximum Gasteiger partial charge on any atom is 0.350 e. The van der Waals surface area contributed by atoms with Gasteiger partial charge in [0, 0.05) is 12.7 Å². The van der Waals surface area contributed by atoms with E-state index in [0.29, 0.717) is 5.69 Å². The van der Waals surface area contributed by atoms with Crippen molar-refractivity contribution in [2.24, 2.45) is 7.05 Å². The quantitative estimate of drug-likeness (QED) is 0.620. The minimum atomic E-state index is -0.178. The molecule has 1 N–H and O–H groups in total. The highest BCUT2D eigenvalue weighted by atomic mass is 32.1. The van der Waals surface area contributed by atoms with Gasteiger partial charge in [0.1, 0.15) is 6.33 Å². The summed E-state index contributed by atoms with van der Waals surface area (Å²) in [5, 5.41) is 12.5. The number of aromatic nitrogens is 6. The molecule has 0 unspecified atom stereocenters. The van der Waals surface area contributed by atoms with Crippen molar-refractivity contribution >= 4 is 27.1 Å². The first kappa shape index (κ1) is 13.7. The van der Waals surface area contributed by atoms with Crippen LogP contribution in [0.3, 0.4) is 0 Å². The van der Waals surface area contributed by atoms with Crippen LogP contribution in [-0.4, -0.2) is 28.9 Å². The van der Waals surface area contributed by atoms with Crippen molar-refractivity contribution in [3.05, 3.63) is 53.0 Å². The molecule has 0 spiro atoms. The van der Waals surface area contributed by atoms with E-state index >= 15 is 0 Å². The van der Waals surface area contributed by atoms with Gasteiger partial charge < -0.3 is 5.32 Å². The Hall–Kier alpha value is -2.94. The van der Waals surface area contributed by atoms with Crippen molar-refractivity contribution in [3.8, 4) is 5.69 Å². The first-order chi connectivity index (χ1) is 11.1. The number of nitrogens with zero attached hydrogens (tertiary/aromatic N) is 6. The van der Waals surface area contributed by atoms with Crippen molar-refractivity contribution in [2.45, 2.75) is 6.92 Å². The SMILES string of the molecule is Cc1cn2nc(Nc3ccc(-n4ncn(C)c4=O)cc3)sc2n1. The largest absolute Gasteiger partial charge is 0.350 e. The summed E-state index contributed by atoms with van der Waals surface area (Å²) >= 11 is 1.48. The Bertz CT molecular complexity index is 1010. The average Bonchev–Trinajstić information content (AvgIpc) is 3.15. The van der Waals surface area contributed by atoms with Gasteiger partial charge in [-0.15, -0.1) is 5.10 Å². The summed E-state index contributed by atoms with van der Waals surface area (Å²) in [7, 11) is 1.67. The number of fused-ring (bicyclic) bond motifs is 1. The first-order valence-electron chi connectivity index (χ1n) is 6.91. The van der Waals surface area contributed by atoms with Gasteiger partial charge >= 0.3 is 5.69 Å². The van der Waals surface area contributed by atoms with Gasteiger partial charge in [0.05, 0.1) is 17.6 Å². The molecule has 0 atom stereocenters. The summed E-state index contributed by atoms with van der Waals surface area (Å²) in [6.07, 6.45) is 3.37. The zero-order valence-corrected chi connectivity index (χ0v) is 13.3. The average molecular weight is 327 g/mol. The monoisotopic (exact) mass is 327 g/mol. The second-order valence-corrected chi connectivity index (χ2v) is 6.08. The third-order valence-corrected chi connectivity index (χ3v) is 4.19. The third-order valence-electron chi connectivity index (χ3n) is 3.35. The highest BCUT2D eigenvalue weighted by molar-refractivity contribution is 7.20. The van der Waals surface area contributed by atoms with E-state index in [9.17, 15) is 4.79 Å². The maximum absolute atomic E-state index is 11.9. The lowest BCUT2D eigenvalue weighted by Crippen LogP contribution is -2.21. The lowest BCUT2D eigenvalue weighted by Gasteiger charge is -2.03. The van der Waals surface area contributed by atoms with Crippen LogP contribution in [0.15, 0.2) is 41.6 Å². The molecule has 3 heterocycles. The van der Waals surface area contributed by atoms with E-state index in [1.54, 1.807) is 11.6 Å². The molecule has 0 bridgehead atoms. The standard InChI is InChI=1S/C14H13N7OS/c1-9-7-20-13(16-9)23-12(18-20)17-10-3-5-11(6-4-10)21-14(22)19(2)8-15-21/h3-8H,1-2H3,(H,17,18). The maximum atomic E-state index is 11.9. The molecule has 0 saturated heterocycles. The molecular weight excluding hydrogens is 314 g/mol. The number of anilines is 2. The predicted octanol–water partition coefficient (Wildman–Crippen LogP) is 1.73. The zero-order valence-electron chi connectivity index (χ0n) is 12.5. The van der Waals surface area contributed by atoms with Gasteiger partial charge in [0.15, 0.2) is 0 Å². The van der Waals surface area contributed by atoms with Crippen LogP contribution >= 0.6 is 11.3 Å². The normalized spacial score (nSPS) is 11.2. The fraction of sp³-hybridized carbons (Fsp3) is 0.143. The van der Waals surface area contributed by atoms with Gasteiger partial charge in [-0.05, 0) is 31.2 Å². The lowest BCUT2D eigenvalue weighted by molar-refractivity contribution is 0.799. The van der Waals surface area contributed by atoms with Gasteiger partial charge in [-0.2, -0.15) is 9.78 Å². The Morgan fingerprint density at radius 3 is 2.65 bits per heavy atom. The van der Waals surface area contributed by atoms with Gasteiger partial charge in [-0.1, -0.05) is 11.3 Å². The van der Waals surface area contributed by atoms with E-state index in [0.717, 1.165) is 21.5 Å². The van der Waals surface area contributed by atoms with E-state index in [4.69, 9.17) is 0 Å². The number of aryl methyl sites for hydroxylation is 2. The number of hydrogen-bond donors (Lipinski definition) is 1. The van der Waals surface area contributed by atoms with E-state index in [2.05, 4.69) is 20.5 Å². The smallest absolute Gasteiger partial charge is 0.330 e. The Morgan fingerprint density at radius 1 is 1.22 bits per heavy atom. The minimum absolute atomic E-state index is 0.178. The molecule has 0 aliphatic carbocycles. The molecular formula is C14H13N7OS. The van der Waals surface area contributed by atoms with Crippen LogP contribution in [0.1, 0.15) is 5.69 Å². The van der Waals surface area contributed by atoms with Crippen molar-refractivity contribution in [1.29, 1.82) is 0 Å². The molecule has 0 aliphatic rings. The van der Waals surface area contributed by atoms with Crippen LogP contribution < -0.4 is 11.0 Å². The van der Waals surface area contributed by atoms with Gasteiger partial charge in [0.2, 0.25) is 10.1 Å². The van der Waals surface area contributed by atoms with E-state index in [1.807, 2.05) is 37.4 Å². The molecule has 0 amide bonds. The van der Waals surface area contributed by atoms with Crippen molar-refractivity contribution in [3.63, 3.8) is 0 Å². The number of imidazole rings is 1. The van der Waals surface area contributed by atoms with Crippen molar-refractivity contribution < 1.29 is 0 Å². The molecule has 4 rings (SSSR count). The molecule has 1 aromatic carbocycles. The second kappa shape index (κ2) is 5.06. The summed E-state index contributed by atoms with van der Waals surface area (Å²) < 4.78 is 4.54. The topological polar surface area (TPSA) is 82.0 Å². The molecule has 23 heavy (non-hydrogen) atoms. The molecule has 0 aliphatic heterocycles. The molecule has 0 radical (unpaired) electrons. The Balaban J connectivity index is 1.59. The molecule has 4 aromatic rings. The van der Waals surface area contributed by atoms with Crippen LogP contribution in [0.5, 0.6) is 0 Å². The predicted molar refractivity (Wildman–Crippen MR) is 87.7 cm³/mol. The van der Waals surface area contributed by atoms with Crippen LogP contribution in [0.2, 0.25) is 0 Å². The molecule has 8 nitrogen and oxygen atoms in total. The Morgan fingerprint density at radius 2 is 2.00 bits per heavy atom. The lowest BCUT2D eigenvalue weighted by atomic mass is 10.3. The second-order valence-electron chi connectivity index (χ2n) is 5.12. The summed E-state index contributed by atoms with van der Waals surface area (Å²) in [6, 6.07) is 7.43. The molecule has 116 valence electrons. The van der Waals surface area contributed by atoms with Crippen LogP contribution in [0.25, 0.3) is 10.6 Å². The number of hydrogen-bond acceptors (Lipinski definition) is 6. The van der Waals surface area contributed by atoms with Gasteiger partial charge in [-0.3, -0.25) is 4.57 Å². The van der Waals surface area contributed by atoms with E-state index in [-0.39, 0.29) is 5.69 Å². The first-order valence-corrected chi connectivity index (χ1v) is 7.73. The highest BCUT2D eigenvalue weighted by Gasteiger charge is 2.07. The van der Waals surface area contributed by atoms with Crippen molar-refractivity contribution in [2.75, 3.05) is 5.32 Å². The molecule has 3 aromatic heterocycles. The van der Waals surface area contributed by atoms with E-state index < -0.39 is 0 Å². The van der Waals surface area contributed by atoms with Crippen LogP contribution in [-0.2, 0) is 7.05 Å². The highest BCUT2D eigenvalue weighted by Crippen LogP contribution is 2.23.